The predicted molar refractivity (Wildman–Crippen MR) is 78.5 cm³/mol. The summed E-state index contributed by atoms with van der Waals surface area (Å²) >= 11 is 0. The van der Waals surface area contributed by atoms with Crippen molar-refractivity contribution < 1.29 is 4.74 Å². The Hall–Kier alpha value is -2.62. The van der Waals surface area contributed by atoms with E-state index in [2.05, 4.69) is 15.2 Å². The van der Waals surface area contributed by atoms with Crippen molar-refractivity contribution in [3.63, 3.8) is 0 Å². The lowest BCUT2D eigenvalue weighted by Gasteiger charge is -2.05. The molecule has 1 heterocycles. The zero-order valence-electron chi connectivity index (χ0n) is 11.4. The van der Waals surface area contributed by atoms with Crippen molar-refractivity contribution >= 4 is 0 Å². The molecule has 0 fully saturated rings. The predicted octanol–water partition coefficient (Wildman–Crippen LogP) is 3.46. The zero-order valence-corrected chi connectivity index (χ0v) is 11.4. The van der Waals surface area contributed by atoms with E-state index in [-0.39, 0.29) is 0 Å². The summed E-state index contributed by atoms with van der Waals surface area (Å²) in [5.41, 5.74) is 3.05. The van der Waals surface area contributed by atoms with Gasteiger partial charge in [0, 0.05) is 11.1 Å². The molecule has 1 N–H and O–H groups in total. The molecule has 3 aromatic rings. The third kappa shape index (κ3) is 2.28. The lowest BCUT2D eigenvalue weighted by Crippen LogP contribution is -1.89. The van der Waals surface area contributed by atoms with Gasteiger partial charge < -0.3 is 4.74 Å². The fourth-order valence-corrected chi connectivity index (χ4v) is 2.08. The molecule has 0 spiro atoms. The van der Waals surface area contributed by atoms with E-state index in [1.807, 2.05) is 55.5 Å². The second-order valence-electron chi connectivity index (χ2n) is 4.56. The highest BCUT2D eigenvalue weighted by Crippen LogP contribution is 2.25. The van der Waals surface area contributed by atoms with Gasteiger partial charge in [-0.1, -0.05) is 42.5 Å². The average Bonchev–Trinajstić information content (AvgIpc) is 2.98. The largest absolute Gasteiger partial charge is 0.496 e. The van der Waals surface area contributed by atoms with Crippen molar-refractivity contribution in [1.29, 1.82) is 0 Å². The van der Waals surface area contributed by atoms with Crippen molar-refractivity contribution in [1.82, 2.24) is 15.2 Å². The molecular weight excluding hydrogens is 250 g/mol. The van der Waals surface area contributed by atoms with E-state index in [1.165, 1.54) is 0 Å². The van der Waals surface area contributed by atoms with E-state index >= 15 is 0 Å². The van der Waals surface area contributed by atoms with Crippen molar-refractivity contribution in [2.24, 2.45) is 0 Å². The maximum Gasteiger partial charge on any atom is 0.181 e. The van der Waals surface area contributed by atoms with Crippen molar-refractivity contribution in [2.45, 2.75) is 6.92 Å². The van der Waals surface area contributed by atoms with E-state index in [0.29, 0.717) is 5.82 Å². The molecule has 0 aliphatic carbocycles. The highest BCUT2D eigenvalue weighted by atomic mass is 16.5. The first kappa shape index (κ1) is 12.4. The summed E-state index contributed by atoms with van der Waals surface area (Å²) in [6, 6.07) is 15.9. The second-order valence-corrected chi connectivity index (χ2v) is 4.56. The van der Waals surface area contributed by atoms with Gasteiger partial charge in [-0.3, -0.25) is 5.10 Å². The molecule has 0 amide bonds. The Morgan fingerprint density at radius 3 is 2.55 bits per heavy atom. The molecule has 4 nitrogen and oxygen atoms in total. The summed E-state index contributed by atoms with van der Waals surface area (Å²) in [5, 5.41) is 7.25. The molecule has 0 bridgehead atoms. The van der Waals surface area contributed by atoms with Crippen LogP contribution in [0.3, 0.4) is 0 Å². The minimum Gasteiger partial charge on any atom is -0.496 e. The first-order valence-electron chi connectivity index (χ1n) is 6.41. The third-order valence-electron chi connectivity index (χ3n) is 3.20. The Labute approximate surface area is 117 Å². The van der Waals surface area contributed by atoms with Crippen molar-refractivity contribution in [3.8, 4) is 28.5 Å². The van der Waals surface area contributed by atoms with Crippen LogP contribution in [-0.4, -0.2) is 22.3 Å². The molecule has 0 radical (unpaired) electrons. The van der Waals surface area contributed by atoms with Crippen LogP contribution < -0.4 is 4.74 Å². The first-order valence-corrected chi connectivity index (χ1v) is 6.41. The monoisotopic (exact) mass is 265 g/mol. The Bertz CT molecular complexity index is 720. The van der Waals surface area contributed by atoms with Crippen LogP contribution in [0.1, 0.15) is 5.56 Å². The van der Waals surface area contributed by atoms with E-state index in [9.17, 15) is 0 Å². The molecule has 0 aliphatic rings. The normalized spacial score (nSPS) is 10.5. The number of benzene rings is 2. The van der Waals surface area contributed by atoms with Crippen LogP contribution in [0, 0.1) is 6.92 Å². The van der Waals surface area contributed by atoms with Gasteiger partial charge in [-0.25, -0.2) is 4.98 Å². The number of methoxy groups -OCH3 is 1. The summed E-state index contributed by atoms with van der Waals surface area (Å²) in [7, 11) is 1.67. The zero-order chi connectivity index (χ0) is 13.9. The molecule has 0 atom stereocenters. The summed E-state index contributed by atoms with van der Waals surface area (Å²) in [6.45, 7) is 2.01. The van der Waals surface area contributed by atoms with Gasteiger partial charge >= 0.3 is 0 Å². The number of ether oxygens (including phenoxy) is 1. The number of aromatic nitrogens is 3. The Kier molecular flexibility index (Phi) is 3.21. The van der Waals surface area contributed by atoms with Gasteiger partial charge in [0.2, 0.25) is 0 Å². The Morgan fingerprint density at radius 2 is 1.80 bits per heavy atom. The quantitative estimate of drug-likeness (QED) is 0.789. The van der Waals surface area contributed by atoms with Gasteiger partial charge in [-0.05, 0) is 18.6 Å². The fraction of sp³-hybridized carbons (Fsp3) is 0.125. The molecule has 0 aliphatic heterocycles. The number of H-pyrrole nitrogens is 1. The molecule has 2 aromatic carbocycles. The van der Waals surface area contributed by atoms with Crippen molar-refractivity contribution in [2.75, 3.05) is 7.11 Å². The van der Waals surface area contributed by atoms with Gasteiger partial charge in [-0.15, -0.1) is 0 Å². The number of nitrogens with zero attached hydrogens (tertiary/aromatic N) is 2. The van der Waals surface area contributed by atoms with E-state index in [1.54, 1.807) is 7.11 Å². The van der Waals surface area contributed by atoms with Gasteiger partial charge in [0.25, 0.3) is 0 Å². The molecule has 4 heteroatoms. The maximum atomic E-state index is 5.33. The molecule has 0 unspecified atom stereocenters. The van der Waals surface area contributed by atoms with E-state index in [4.69, 9.17) is 4.74 Å². The first-order chi connectivity index (χ1) is 9.78. The number of nitrogens with one attached hydrogen (secondary N) is 1. The van der Waals surface area contributed by atoms with Gasteiger partial charge in [0.05, 0.1) is 7.11 Å². The highest BCUT2D eigenvalue weighted by molar-refractivity contribution is 5.63. The smallest absolute Gasteiger partial charge is 0.181 e. The molecule has 0 saturated heterocycles. The SMILES string of the molecule is COc1cc(-c2n[nH]c(-c3ccccc3)n2)ccc1C. The number of rotatable bonds is 3. The standard InChI is InChI=1S/C16H15N3O/c1-11-8-9-13(10-14(11)20-2)16-17-15(18-19-16)12-6-4-3-5-7-12/h3-10H,1-2H3,(H,17,18,19). The fourth-order valence-electron chi connectivity index (χ4n) is 2.08. The summed E-state index contributed by atoms with van der Waals surface area (Å²) in [4.78, 5) is 4.53. The second kappa shape index (κ2) is 5.17. The van der Waals surface area contributed by atoms with Gasteiger partial charge in [0.1, 0.15) is 5.75 Å². The highest BCUT2D eigenvalue weighted by Gasteiger charge is 2.09. The molecular formula is C16H15N3O. The minimum absolute atomic E-state index is 0.669. The molecule has 3 rings (SSSR count). The van der Waals surface area contributed by atoms with Gasteiger partial charge in [-0.2, -0.15) is 5.10 Å². The van der Waals surface area contributed by atoms with Crippen molar-refractivity contribution in [3.05, 3.63) is 54.1 Å². The third-order valence-corrected chi connectivity index (χ3v) is 3.20. The summed E-state index contributed by atoms with van der Waals surface area (Å²) in [5.74, 6) is 2.27. The Balaban J connectivity index is 1.98. The average molecular weight is 265 g/mol. The molecule has 0 saturated carbocycles. The summed E-state index contributed by atoms with van der Waals surface area (Å²) in [6.07, 6.45) is 0. The Morgan fingerprint density at radius 1 is 1.00 bits per heavy atom. The van der Waals surface area contributed by atoms with Crippen LogP contribution in [0.15, 0.2) is 48.5 Å². The van der Waals surface area contributed by atoms with Crippen LogP contribution in [0.2, 0.25) is 0 Å². The molecule has 1 aromatic heterocycles. The van der Waals surface area contributed by atoms with Crippen LogP contribution in [-0.2, 0) is 0 Å². The molecule has 100 valence electrons. The van der Waals surface area contributed by atoms with Crippen LogP contribution in [0.5, 0.6) is 5.75 Å². The topological polar surface area (TPSA) is 50.8 Å². The lowest BCUT2D eigenvalue weighted by molar-refractivity contribution is 0.412. The van der Waals surface area contributed by atoms with Crippen LogP contribution >= 0.6 is 0 Å². The van der Waals surface area contributed by atoms with Gasteiger partial charge in [0.15, 0.2) is 11.6 Å². The number of aryl methyl sites for hydroxylation is 1. The number of hydrogen-bond acceptors (Lipinski definition) is 3. The van der Waals surface area contributed by atoms with E-state index in [0.717, 1.165) is 28.3 Å². The number of aromatic amines is 1. The van der Waals surface area contributed by atoms with E-state index < -0.39 is 0 Å². The van der Waals surface area contributed by atoms with Crippen LogP contribution in [0.25, 0.3) is 22.8 Å². The molecule has 20 heavy (non-hydrogen) atoms. The van der Waals surface area contributed by atoms with Crippen LogP contribution in [0.4, 0.5) is 0 Å². The summed E-state index contributed by atoms with van der Waals surface area (Å²) < 4.78 is 5.33. The minimum atomic E-state index is 0.669. The lowest BCUT2D eigenvalue weighted by atomic mass is 10.1. The maximum absolute atomic E-state index is 5.33. The number of hydrogen-bond donors (Lipinski definition) is 1.